The van der Waals surface area contributed by atoms with Crippen LogP contribution in [0.1, 0.15) is 130 Å². The van der Waals surface area contributed by atoms with Crippen LogP contribution in [0.25, 0.3) is 0 Å². The maximum absolute atomic E-state index is 12.0. The van der Waals surface area contributed by atoms with Gasteiger partial charge in [0.2, 0.25) is 0 Å². The van der Waals surface area contributed by atoms with E-state index in [9.17, 15) is 9.90 Å². The number of rotatable bonds is 21. The van der Waals surface area contributed by atoms with Gasteiger partial charge in [-0.1, -0.05) is 118 Å². The Morgan fingerprint density at radius 3 is 1.56 bits per heavy atom. The third-order valence-corrected chi connectivity index (χ3v) is 11.4. The number of aliphatic hydroxyl groups is 1. The van der Waals surface area contributed by atoms with Crippen molar-refractivity contribution < 1.29 is 19.1 Å². The first kappa shape index (κ1) is 31.6. The summed E-state index contributed by atoms with van der Waals surface area (Å²) >= 11 is 0. The summed E-state index contributed by atoms with van der Waals surface area (Å²) in [5.74, 6) is -0.169. The second-order valence-electron chi connectivity index (χ2n) is 11.1. The highest BCUT2D eigenvalue weighted by Crippen LogP contribution is 2.37. The van der Waals surface area contributed by atoms with Gasteiger partial charge in [-0.15, -0.1) is 0 Å². The molecule has 1 atom stereocenters. The molecule has 0 amide bonds. The van der Waals surface area contributed by atoms with Gasteiger partial charge in [-0.3, -0.25) is 4.79 Å². The minimum absolute atomic E-state index is 0.0678. The molecule has 1 N–H and O–H groups in total. The molecule has 0 aromatic rings. The second-order valence-corrected chi connectivity index (χ2v) is 15.8. The van der Waals surface area contributed by atoms with Gasteiger partial charge >= 0.3 is 5.97 Å². The molecule has 0 bridgehead atoms. The number of carbonyl (C=O) groups excluding carboxylic acids is 1. The molecular weight excluding hydrogens is 416 g/mol. The summed E-state index contributed by atoms with van der Waals surface area (Å²) < 4.78 is 11.5. The first-order valence-corrected chi connectivity index (χ1v) is 16.5. The molecule has 0 saturated carbocycles. The van der Waals surface area contributed by atoms with E-state index in [0.29, 0.717) is 6.42 Å². The van der Waals surface area contributed by atoms with E-state index in [1.54, 1.807) is 0 Å². The molecule has 0 aliphatic heterocycles. The van der Waals surface area contributed by atoms with Crippen LogP contribution in [0.2, 0.25) is 18.1 Å². The number of ether oxygens (including phenoxy) is 1. The smallest absolute Gasteiger partial charge is 0.305 e. The van der Waals surface area contributed by atoms with Crippen LogP contribution in [-0.4, -0.2) is 38.7 Å². The maximum Gasteiger partial charge on any atom is 0.305 e. The summed E-state index contributed by atoms with van der Waals surface area (Å²) in [6, 6.07) is 0. The molecular formula is C27H56O4Si. The van der Waals surface area contributed by atoms with E-state index in [2.05, 4.69) is 40.8 Å². The predicted octanol–water partition coefficient (Wildman–Crippen LogP) is 8.17. The van der Waals surface area contributed by atoms with Crippen LogP contribution < -0.4 is 0 Å². The van der Waals surface area contributed by atoms with Crippen LogP contribution in [0.3, 0.4) is 0 Å². The monoisotopic (exact) mass is 472 g/mol. The van der Waals surface area contributed by atoms with E-state index in [4.69, 9.17) is 9.16 Å². The molecule has 0 aliphatic rings. The van der Waals surface area contributed by atoms with E-state index in [1.165, 1.54) is 83.5 Å². The van der Waals surface area contributed by atoms with Gasteiger partial charge < -0.3 is 14.3 Å². The van der Waals surface area contributed by atoms with Gasteiger partial charge in [0, 0.05) is 6.42 Å². The minimum Gasteiger partial charge on any atom is -0.463 e. The van der Waals surface area contributed by atoms with Gasteiger partial charge in [0.05, 0.1) is 6.61 Å². The summed E-state index contributed by atoms with van der Waals surface area (Å²) in [4.78, 5) is 12.0. The normalized spacial score (nSPS) is 13.3. The Labute approximate surface area is 201 Å². The SMILES string of the molecule is CCCCCCCCCCCCCCCCCC(=O)OC[C@H](CO)O[Si](C)(C)C(C)(C)C. The lowest BCUT2D eigenvalue weighted by Gasteiger charge is -2.38. The van der Waals surface area contributed by atoms with Gasteiger partial charge in [-0.2, -0.15) is 0 Å². The molecule has 0 radical (unpaired) electrons. The Bertz CT molecular complexity index is 445. The third-order valence-electron chi connectivity index (χ3n) is 6.89. The van der Waals surface area contributed by atoms with Crippen molar-refractivity contribution in [3.05, 3.63) is 0 Å². The first-order chi connectivity index (χ1) is 15.1. The lowest BCUT2D eigenvalue weighted by molar-refractivity contribution is -0.147. The van der Waals surface area contributed by atoms with E-state index in [0.717, 1.165) is 12.8 Å². The fraction of sp³-hybridized carbons (Fsp3) is 0.963. The molecule has 0 aliphatic carbocycles. The van der Waals surface area contributed by atoms with Crippen LogP contribution >= 0.6 is 0 Å². The third kappa shape index (κ3) is 17.1. The van der Waals surface area contributed by atoms with Crippen molar-refractivity contribution in [1.29, 1.82) is 0 Å². The Hall–Kier alpha value is -0.393. The summed E-state index contributed by atoms with van der Waals surface area (Å²) in [7, 11) is -1.98. The zero-order valence-corrected chi connectivity index (χ0v) is 23.5. The first-order valence-electron chi connectivity index (χ1n) is 13.6. The van der Waals surface area contributed by atoms with Crippen LogP contribution in [0.4, 0.5) is 0 Å². The lowest BCUT2D eigenvalue weighted by Crippen LogP contribution is -2.46. The van der Waals surface area contributed by atoms with Gasteiger partial charge in [0.25, 0.3) is 0 Å². The summed E-state index contributed by atoms with van der Waals surface area (Å²) in [5.41, 5.74) is 0. The number of aliphatic hydroxyl groups excluding tert-OH is 1. The Morgan fingerprint density at radius 2 is 1.19 bits per heavy atom. The molecule has 32 heavy (non-hydrogen) atoms. The second kappa shape index (κ2) is 19.0. The van der Waals surface area contributed by atoms with E-state index in [-0.39, 0.29) is 24.2 Å². The van der Waals surface area contributed by atoms with Crippen molar-refractivity contribution in [3.8, 4) is 0 Å². The molecule has 0 saturated heterocycles. The molecule has 0 rings (SSSR count). The predicted molar refractivity (Wildman–Crippen MR) is 140 cm³/mol. The molecule has 0 fully saturated rings. The highest BCUT2D eigenvalue weighted by molar-refractivity contribution is 6.74. The van der Waals surface area contributed by atoms with Crippen molar-refractivity contribution in [2.45, 2.75) is 155 Å². The molecule has 192 valence electrons. The van der Waals surface area contributed by atoms with E-state index < -0.39 is 14.4 Å². The highest BCUT2D eigenvalue weighted by atomic mass is 28.4. The number of unbranched alkanes of at least 4 members (excludes halogenated alkanes) is 14. The molecule has 0 heterocycles. The lowest BCUT2D eigenvalue weighted by atomic mass is 10.0. The standard InChI is InChI=1S/C27H56O4Si/c1-7-8-9-10-11-12-13-14-15-16-17-18-19-20-21-22-26(29)30-24-25(23-28)31-32(5,6)27(2,3)4/h25,28H,7-24H2,1-6H3/t25-/m0/s1. The molecule has 0 spiro atoms. The highest BCUT2D eigenvalue weighted by Gasteiger charge is 2.39. The number of hydrogen-bond donors (Lipinski definition) is 1. The van der Waals surface area contributed by atoms with Crippen molar-refractivity contribution >= 4 is 14.3 Å². The molecule has 0 aromatic heterocycles. The van der Waals surface area contributed by atoms with Crippen LogP contribution in [-0.2, 0) is 14.0 Å². The minimum atomic E-state index is -1.98. The van der Waals surface area contributed by atoms with Crippen molar-refractivity contribution in [2.75, 3.05) is 13.2 Å². The Balaban J connectivity index is 3.58. The van der Waals surface area contributed by atoms with E-state index >= 15 is 0 Å². The number of carbonyl (C=O) groups is 1. The van der Waals surface area contributed by atoms with Crippen LogP contribution in [0.5, 0.6) is 0 Å². The average Bonchev–Trinajstić information content (AvgIpc) is 2.73. The zero-order chi connectivity index (χ0) is 24.3. The Kier molecular flexibility index (Phi) is 18.7. The van der Waals surface area contributed by atoms with Gasteiger partial charge in [0.1, 0.15) is 12.7 Å². The summed E-state index contributed by atoms with van der Waals surface area (Å²) in [6.07, 6.45) is 19.8. The molecule has 0 unspecified atom stereocenters. The van der Waals surface area contributed by atoms with Gasteiger partial charge in [-0.05, 0) is 24.6 Å². The summed E-state index contributed by atoms with van der Waals surface area (Å²) in [6.45, 7) is 13.1. The molecule has 0 aromatic carbocycles. The van der Waals surface area contributed by atoms with Crippen LogP contribution in [0.15, 0.2) is 0 Å². The van der Waals surface area contributed by atoms with Gasteiger partial charge in [-0.25, -0.2) is 0 Å². The zero-order valence-electron chi connectivity index (χ0n) is 22.5. The van der Waals surface area contributed by atoms with Crippen molar-refractivity contribution in [1.82, 2.24) is 0 Å². The van der Waals surface area contributed by atoms with Crippen LogP contribution in [0, 0.1) is 0 Å². The molecule has 4 nitrogen and oxygen atoms in total. The Morgan fingerprint density at radius 1 is 0.781 bits per heavy atom. The maximum atomic E-state index is 12.0. The fourth-order valence-corrected chi connectivity index (χ4v) is 4.95. The quantitative estimate of drug-likeness (QED) is 0.104. The fourth-order valence-electron chi connectivity index (χ4n) is 3.62. The average molecular weight is 473 g/mol. The largest absolute Gasteiger partial charge is 0.463 e. The van der Waals surface area contributed by atoms with Gasteiger partial charge in [0.15, 0.2) is 8.32 Å². The van der Waals surface area contributed by atoms with Crippen molar-refractivity contribution in [3.63, 3.8) is 0 Å². The van der Waals surface area contributed by atoms with Crippen molar-refractivity contribution in [2.24, 2.45) is 0 Å². The number of hydrogen-bond acceptors (Lipinski definition) is 4. The molecule has 5 heteroatoms. The topological polar surface area (TPSA) is 55.8 Å². The summed E-state index contributed by atoms with van der Waals surface area (Å²) in [5, 5.41) is 9.66. The number of esters is 1. The van der Waals surface area contributed by atoms with E-state index in [1.807, 2.05) is 0 Å².